The van der Waals surface area contributed by atoms with Gasteiger partial charge in [-0.1, -0.05) is 36.4 Å². The molecule has 1 amide bonds. The van der Waals surface area contributed by atoms with Crippen LogP contribution in [0.2, 0.25) is 0 Å². The van der Waals surface area contributed by atoms with E-state index in [0.717, 1.165) is 60.9 Å². The molecule has 5 heterocycles. The van der Waals surface area contributed by atoms with Crippen molar-refractivity contribution < 1.29 is 15.0 Å². The molecule has 194 valence electrons. The van der Waals surface area contributed by atoms with Crippen LogP contribution < -0.4 is 5.32 Å². The Balaban J connectivity index is 1.15. The molecule has 3 N–H and O–H groups in total. The number of hydrogen-bond donors (Lipinski definition) is 3. The molecular formula is C28H34N6O3. The van der Waals surface area contributed by atoms with Crippen LogP contribution >= 0.6 is 0 Å². The SMILES string of the molecule is O=C(/C=C/CN1C2CCC1CC(O)C2)N1CCc2c(cn3ncnc(N[C@H](CO)c4ccccc4)c23)C1. The van der Waals surface area contributed by atoms with Gasteiger partial charge in [0.1, 0.15) is 11.8 Å². The zero-order chi connectivity index (χ0) is 25.4. The molecule has 3 atom stereocenters. The average molecular weight is 503 g/mol. The number of nitrogens with one attached hydrogen (secondary N) is 1. The summed E-state index contributed by atoms with van der Waals surface area (Å²) in [6.07, 6.45) is 11.7. The number of fused-ring (bicyclic) bond motifs is 5. The van der Waals surface area contributed by atoms with Crippen LogP contribution in [0.15, 0.2) is 55.0 Å². The molecule has 1 aromatic carbocycles. The van der Waals surface area contributed by atoms with E-state index in [9.17, 15) is 15.0 Å². The van der Waals surface area contributed by atoms with Crippen molar-refractivity contribution in [1.29, 1.82) is 0 Å². The number of amides is 1. The minimum absolute atomic E-state index is 0.0270. The molecule has 0 aliphatic carbocycles. The van der Waals surface area contributed by atoms with Crippen LogP contribution in [0.1, 0.15) is 48.4 Å². The predicted molar refractivity (Wildman–Crippen MR) is 140 cm³/mol. The first-order valence-corrected chi connectivity index (χ1v) is 13.3. The first-order valence-electron chi connectivity index (χ1n) is 13.3. The van der Waals surface area contributed by atoms with E-state index in [2.05, 4.69) is 20.3 Å². The van der Waals surface area contributed by atoms with E-state index < -0.39 is 0 Å². The molecule has 9 nitrogen and oxygen atoms in total. The third kappa shape index (κ3) is 4.74. The summed E-state index contributed by atoms with van der Waals surface area (Å²) in [5.41, 5.74) is 4.10. The molecule has 2 aromatic heterocycles. The van der Waals surface area contributed by atoms with Gasteiger partial charge in [0.15, 0.2) is 5.82 Å². The van der Waals surface area contributed by atoms with Crippen molar-refractivity contribution in [2.24, 2.45) is 0 Å². The van der Waals surface area contributed by atoms with Gasteiger partial charge in [0, 0.05) is 44.0 Å². The maximum atomic E-state index is 13.0. The Morgan fingerprint density at radius 1 is 1.19 bits per heavy atom. The van der Waals surface area contributed by atoms with Gasteiger partial charge in [-0.3, -0.25) is 9.69 Å². The summed E-state index contributed by atoms with van der Waals surface area (Å²) < 4.78 is 1.82. The third-order valence-corrected chi connectivity index (χ3v) is 8.20. The van der Waals surface area contributed by atoms with Crippen LogP contribution in [0.4, 0.5) is 5.82 Å². The summed E-state index contributed by atoms with van der Waals surface area (Å²) in [6, 6.07) is 10.4. The van der Waals surface area contributed by atoms with Gasteiger partial charge in [-0.2, -0.15) is 5.10 Å². The van der Waals surface area contributed by atoms with Gasteiger partial charge >= 0.3 is 0 Å². The van der Waals surface area contributed by atoms with E-state index in [1.165, 1.54) is 6.33 Å². The molecule has 3 aromatic rings. The quantitative estimate of drug-likeness (QED) is 0.426. The normalized spacial score (nSPS) is 24.5. The van der Waals surface area contributed by atoms with E-state index in [1.807, 2.05) is 52.0 Å². The van der Waals surface area contributed by atoms with E-state index in [4.69, 9.17) is 0 Å². The largest absolute Gasteiger partial charge is 0.394 e. The number of hydrogen-bond acceptors (Lipinski definition) is 7. The summed E-state index contributed by atoms with van der Waals surface area (Å²) in [5, 5.41) is 27.8. The van der Waals surface area contributed by atoms with E-state index in [-0.39, 0.29) is 24.7 Å². The predicted octanol–water partition coefficient (Wildman–Crippen LogP) is 2.30. The number of aliphatic hydroxyl groups is 2. The molecule has 0 spiro atoms. The monoisotopic (exact) mass is 502 g/mol. The lowest BCUT2D eigenvalue weighted by atomic mass is 10.00. The second-order valence-electron chi connectivity index (χ2n) is 10.4. The van der Waals surface area contributed by atoms with Crippen molar-refractivity contribution in [2.45, 2.75) is 62.9 Å². The molecule has 0 saturated carbocycles. The molecule has 3 aliphatic rings. The van der Waals surface area contributed by atoms with E-state index in [1.54, 1.807) is 6.08 Å². The van der Waals surface area contributed by atoms with Crippen LogP contribution in [0.5, 0.6) is 0 Å². The number of carbonyl (C=O) groups excluding carboxylic acids is 1. The van der Waals surface area contributed by atoms with Gasteiger partial charge in [0.2, 0.25) is 5.91 Å². The number of rotatable bonds is 7. The number of aliphatic hydroxyl groups excluding tert-OH is 2. The molecule has 6 rings (SSSR count). The van der Waals surface area contributed by atoms with Gasteiger partial charge in [0.25, 0.3) is 0 Å². The third-order valence-electron chi connectivity index (χ3n) is 8.20. The molecule has 2 saturated heterocycles. The van der Waals surface area contributed by atoms with Crippen molar-refractivity contribution in [3.05, 3.63) is 71.7 Å². The maximum Gasteiger partial charge on any atom is 0.246 e. The van der Waals surface area contributed by atoms with E-state index >= 15 is 0 Å². The van der Waals surface area contributed by atoms with Crippen LogP contribution in [0.3, 0.4) is 0 Å². The van der Waals surface area contributed by atoms with Crippen molar-refractivity contribution in [2.75, 3.05) is 25.0 Å². The Hall–Kier alpha value is -3.27. The van der Waals surface area contributed by atoms with Gasteiger partial charge in [-0.05, 0) is 48.8 Å². The van der Waals surface area contributed by atoms with Crippen molar-refractivity contribution in [1.82, 2.24) is 24.4 Å². The molecule has 2 bridgehead atoms. The van der Waals surface area contributed by atoms with Crippen LogP contribution in [-0.4, -0.2) is 78.4 Å². The van der Waals surface area contributed by atoms with Crippen molar-refractivity contribution >= 4 is 17.2 Å². The number of piperidine rings is 1. The topological polar surface area (TPSA) is 106 Å². The molecule has 0 radical (unpaired) electrons. The molecule has 37 heavy (non-hydrogen) atoms. The Kier molecular flexibility index (Phi) is 6.67. The Bertz CT molecular complexity index is 1280. The second kappa shape index (κ2) is 10.2. The van der Waals surface area contributed by atoms with Gasteiger partial charge in [0.05, 0.1) is 18.8 Å². The summed E-state index contributed by atoms with van der Waals surface area (Å²) >= 11 is 0. The summed E-state index contributed by atoms with van der Waals surface area (Å²) in [4.78, 5) is 21.8. The Labute approximate surface area is 216 Å². The average Bonchev–Trinajstić information content (AvgIpc) is 3.41. The minimum Gasteiger partial charge on any atom is -0.394 e. The number of aromatic nitrogens is 3. The molecule has 2 fully saturated rings. The highest BCUT2D eigenvalue weighted by Gasteiger charge is 2.39. The van der Waals surface area contributed by atoms with Crippen molar-refractivity contribution in [3.63, 3.8) is 0 Å². The maximum absolute atomic E-state index is 13.0. The first-order chi connectivity index (χ1) is 18.1. The van der Waals surface area contributed by atoms with Gasteiger partial charge in [-0.25, -0.2) is 9.50 Å². The zero-order valence-electron chi connectivity index (χ0n) is 20.9. The number of nitrogens with zero attached hydrogens (tertiary/aromatic N) is 5. The number of carbonyl (C=O) groups is 1. The van der Waals surface area contributed by atoms with Crippen molar-refractivity contribution in [3.8, 4) is 0 Å². The number of anilines is 1. The van der Waals surface area contributed by atoms with Crippen LogP contribution in [-0.2, 0) is 17.8 Å². The fourth-order valence-electron chi connectivity index (χ4n) is 6.37. The smallest absolute Gasteiger partial charge is 0.246 e. The van der Waals surface area contributed by atoms with Crippen LogP contribution in [0.25, 0.3) is 5.52 Å². The molecule has 2 unspecified atom stereocenters. The number of benzene rings is 1. The summed E-state index contributed by atoms with van der Waals surface area (Å²) in [6.45, 7) is 1.87. The lowest BCUT2D eigenvalue weighted by molar-refractivity contribution is -0.126. The first kappa shape index (κ1) is 24.1. The van der Waals surface area contributed by atoms with Gasteiger partial charge < -0.3 is 20.4 Å². The summed E-state index contributed by atoms with van der Waals surface area (Å²) in [5.74, 6) is 0.708. The lowest BCUT2D eigenvalue weighted by Crippen LogP contribution is -2.44. The highest BCUT2D eigenvalue weighted by molar-refractivity contribution is 5.88. The van der Waals surface area contributed by atoms with Crippen LogP contribution in [0, 0.1) is 0 Å². The lowest BCUT2D eigenvalue weighted by Gasteiger charge is -2.36. The molecule has 9 heteroatoms. The zero-order valence-corrected chi connectivity index (χ0v) is 20.9. The fraction of sp³-hybridized carbons (Fsp3) is 0.464. The second-order valence-corrected chi connectivity index (χ2v) is 10.4. The Morgan fingerprint density at radius 2 is 1.97 bits per heavy atom. The minimum atomic E-state index is -0.282. The molecular weight excluding hydrogens is 468 g/mol. The standard InChI is InChI=1S/C28H34N6O3/c35-17-25(19-5-2-1-3-6-19)31-28-27-24-10-12-32(15-20(24)16-34(27)30-18-29-28)26(37)7-4-11-33-21-8-9-22(33)14-23(36)13-21/h1-7,16,18,21-23,25,35-36H,8-15,17H2,(H,29,30,31)/b7-4+/t21?,22?,23?,25-/m1/s1. The highest BCUT2D eigenvalue weighted by Crippen LogP contribution is 2.35. The Morgan fingerprint density at radius 3 is 2.73 bits per heavy atom. The van der Waals surface area contributed by atoms with E-state index in [0.29, 0.717) is 31.0 Å². The highest BCUT2D eigenvalue weighted by atomic mass is 16.3. The fourth-order valence-corrected chi connectivity index (χ4v) is 6.37. The molecule has 3 aliphatic heterocycles. The summed E-state index contributed by atoms with van der Waals surface area (Å²) in [7, 11) is 0. The van der Waals surface area contributed by atoms with Gasteiger partial charge in [-0.15, -0.1) is 0 Å².